The van der Waals surface area contributed by atoms with Gasteiger partial charge in [0, 0.05) is 26.1 Å². The molecule has 22 heavy (non-hydrogen) atoms. The predicted octanol–water partition coefficient (Wildman–Crippen LogP) is 3.30. The Hall–Kier alpha value is -2.04. The van der Waals surface area contributed by atoms with E-state index in [1.807, 2.05) is 46.0 Å². The highest BCUT2D eigenvalue weighted by Crippen LogP contribution is 2.29. The average Bonchev–Trinajstić information content (AvgIpc) is 3.03. The van der Waals surface area contributed by atoms with Gasteiger partial charge in [-0.25, -0.2) is 9.78 Å². The van der Waals surface area contributed by atoms with Crippen molar-refractivity contribution in [3.63, 3.8) is 0 Å². The van der Waals surface area contributed by atoms with Crippen LogP contribution < -0.4 is 0 Å². The molecule has 1 saturated heterocycles. The summed E-state index contributed by atoms with van der Waals surface area (Å²) in [5, 5.41) is 0. The lowest BCUT2D eigenvalue weighted by molar-refractivity contribution is 0.0292. The maximum absolute atomic E-state index is 12.2. The van der Waals surface area contributed by atoms with Crippen LogP contribution >= 0.6 is 0 Å². The van der Waals surface area contributed by atoms with Crippen LogP contribution in [0.25, 0.3) is 11.0 Å². The highest BCUT2D eigenvalue weighted by Gasteiger charge is 2.32. The summed E-state index contributed by atoms with van der Waals surface area (Å²) in [7, 11) is 2.04. The Morgan fingerprint density at radius 1 is 1.32 bits per heavy atom. The van der Waals surface area contributed by atoms with E-state index in [-0.39, 0.29) is 12.0 Å². The Morgan fingerprint density at radius 2 is 2.05 bits per heavy atom. The van der Waals surface area contributed by atoms with Crippen LogP contribution in [0, 0.1) is 0 Å². The van der Waals surface area contributed by atoms with Gasteiger partial charge in [0.2, 0.25) is 0 Å². The zero-order chi connectivity index (χ0) is 15.9. The number of amides is 1. The summed E-state index contributed by atoms with van der Waals surface area (Å²) < 4.78 is 7.59. The van der Waals surface area contributed by atoms with E-state index in [0.717, 1.165) is 29.8 Å². The molecule has 1 aromatic carbocycles. The molecule has 1 aromatic heterocycles. The Kier molecular flexibility index (Phi) is 3.59. The van der Waals surface area contributed by atoms with Gasteiger partial charge in [0.25, 0.3) is 0 Å². The van der Waals surface area contributed by atoms with E-state index >= 15 is 0 Å². The third kappa shape index (κ3) is 2.80. The van der Waals surface area contributed by atoms with E-state index in [9.17, 15) is 4.79 Å². The maximum Gasteiger partial charge on any atom is 0.410 e. The molecule has 2 heterocycles. The summed E-state index contributed by atoms with van der Waals surface area (Å²) in [5.41, 5.74) is 1.69. The number of nitrogens with zero attached hydrogens (tertiary/aromatic N) is 3. The van der Waals surface area contributed by atoms with E-state index < -0.39 is 5.60 Å². The van der Waals surface area contributed by atoms with Crippen molar-refractivity contribution < 1.29 is 9.53 Å². The summed E-state index contributed by atoms with van der Waals surface area (Å²) in [6.07, 6.45) is 0.699. The minimum absolute atomic E-state index is 0.228. The first kappa shape index (κ1) is 14.9. The van der Waals surface area contributed by atoms with Crippen LogP contribution in [0.15, 0.2) is 24.3 Å². The molecule has 0 saturated carbocycles. The van der Waals surface area contributed by atoms with Crippen LogP contribution in [-0.4, -0.2) is 39.2 Å². The molecule has 1 atom stereocenters. The van der Waals surface area contributed by atoms with Crippen LogP contribution in [0.2, 0.25) is 0 Å². The first-order valence-corrected chi connectivity index (χ1v) is 7.74. The predicted molar refractivity (Wildman–Crippen MR) is 85.9 cm³/mol. The molecular formula is C17H23N3O2. The van der Waals surface area contributed by atoms with Crippen LogP contribution in [0.1, 0.15) is 38.9 Å². The summed E-state index contributed by atoms with van der Waals surface area (Å²) in [4.78, 5) is 18.7. The number of likely N-dealkylation sites (tertiary alicyclic amines) is 1. The smallest absolute Gasteiger partial charge is 0.410 e. The number of fused-ring (bicyclic) bond motifs is 1. The van der Waals surface area contributed by atoms with Crippen LogP contribution in [0.5, 0.6) is 0 Å². The molecule has 1 aliphatic heterocycles. The van der Waals surface area contributed by atoms with Gasteiger partial charge in [0.1, 0.15) is 11.4 Å². The molecule has 1 amide bonds. The summed E-state index contributed by atoms with van der Waals surface area (Å²) in [6, 6.07) is 8.13. The van der Waals surface area contributed by atoms with Crippen molar-refractivity contribution in [2.45, 2.75) is 38.7 Å². The number of aryl methyl sites for hydroxylation is 1. The van der Waals surface area contributed by atoms with E-state index in [1.165, 1.54) is 0 Å². The van der Waals surface area contributed by atoms with Gasteiger partial charge >= 0.3 is 6.09 Å². The molecule has 0 bridgehead atoms. The molecule has 2 aromatic rings. The summed E-state index contributed by atoms with van der Waals surface area (Å²) in [6.45, 7) is 7.08. The highest BCUT2D eigenvalue weighted by molar-refractivity contribution is 5.76. The lowest BCUT2D eigenvalue weighted by Crippen LogP contribution is -2.35. The minimum Gasteiger partial charge on any atom is -0.444 e. The van der Waals surface area contributed by atoms with Gasteiger partial charge in [0.05, 0.1) is 11.0 Å². The van der Waals surface area contributed by atoms with Gasteiger partial charge in [-0.3, -0.25) is 0 Å². The van der Waals surface area contributed by atoms with E-state index in [2.05, 4.69) is 10.6 Å². The SMILES string of the molecule is Cn1c(C2CCN(C(=O)OC(C)(C)C)C2)nc2ccccc21. The average molecular weight is 301 g/mol. The fourth-order valence-corrected chi connectivity index (χ4v) is 2.99. The fourth-order valence-electron chi connectivity index (χ4n) is 2.99. The first-order chi connectivity index (χ1) is 10.3. The molecule has 1 fully saturated rings. The lowest BCUT2D eigenvalue weighted by Gasteiger charge is -2.24. The molecule has 1 aliphatic rings. The molecule has 3 rings (SSSR count). The topological polar surface area (TPSA) is 47.4 Å². The Balaban J connectivity index is 1.77. The van der Waals surface area contributed by atoms with Gasteiger partial charge in [-0.15, -0.1) is 0 Å². The highest BCUT2D eigenvalue weighted by atomic mass is 16.6. The second-order valence-electron chi connectivity index (χ2n) is 6.93. The van der Waals surface area contributed by atoms with Crippen molar-refractivity contribution in [1.82, 2.24) is 14.5 Å². The normalized spacial score (nSPS) is 18.9. The third-order valence-corrected chi connectivity index (χ3v) is 4.03. The summed E-state index contributed by atoms with van der Waals surface area (Å²) >= 11 is 0. The van der Waals surface area contributed by atoms with Crippen molar-refractivity contribution in [1.29, 1.82) is 0 Å². The van der Waals surface area contributed by atoms with Crippen LogP contribution in [-0.2, 0) is 11.8 Å². The number of carbonyl (C=O) groups is 1. The zero-order valence-electron chi connectivity index (χ0n) is 13.7. The van der Waals surface area contributed by atoms with E-state index in [1.54, 1.807) is 4.90 Å². The number of para-hydroxylation sites is 2. The van der Waals surface area contributed by atoms with Crippen molar-refractivity contribution in [2.24, 2.45) is 7.05 Å². The van der Waals surface area contributed by atoms with Crippen molar-refractivity contribution in [2.75, 3.05) is 13.1 Å². The van der Waals surface area contributed by atoms with Gasteiger partial charge in [-0.05, 0) is 39.3 Å². The quantitative estimate of drug-likeness (QED) is 0.812. The van der Waals surface area contributed by atoms with Gasteiger partial charge in [-0.2, -0.15) is 0 Å². The second kappa shape index (κ2) is 5.30. The second-order valence-corrected chi connectivity index (χ2v) is 6.93. The molecule has 0 aliphatic carbocycles. The number of hydrogen-bond donors (Lipinski definition) is 0. The van der Waals surface area contributed by atoms with Crippen molar-refractivity contribution >= 4 is 17.1 Å². The maximum atomic E-state index is 12.2. The Morgan fingerprint density at radius 3 is 2.73 bits per heavy atom. The standard InChI is InChI=1S/C17H23N3O2/c1-17(2,3)22-16(21)20-10-9-12(11-20)15-18-13-7-5-6-8-14(13)19(15)4/h5-8,12H,9-11H2,1-4H3. The Labute approximate surface area is 130 Å². The number of aromatic nitrogens is 2. The first-order valence-electron chi connectivity index (χ1n) is 7.74. The number of ether oxygens (including phenoxy) is 1. The number of rotatable bonds is 1. The molecule has 5 heteroatoms. The number of benzene rings is 1. The largest absolute Gasteiger partial charge is 0.444 e. The molecule has 118 valence electrons. The number of imidazole rings is 1. The molecule has 1 unspecified atom stereocenters. The van der Waals surface area contributed by atoms with Gasteiger partial charge in [0.15, 0.2) is 0 Å². The van der Waals surface area contributed by atoms with Crippen LogP contribution in [0.3, 0.4) is 0 Å². The monoisotopic (exact) mass is 301 g/mol. The minimum atomic E-state index is -0.451. The van der Waals surface area contributed by atoms with Crippen LogP contribution in [0.4, 0.5) is 4.79 Å². The van der Waals surface area contributed by atoms with Crippen molar-refractivity contribution in [3.8, 4) is 0 Å². The zero-order valence-corrected chi connectivity index (χ0v) is 13.7. The lowest BCUT2D eigenvalue weighted by atomic mass is 10.1. The van der Waals surface area contributed by atoms with Gasteiger partial charge < -0.3 is 14.2 Å². The van der Waals surface area contributed by atoms with Crippen molar-refractivity contribution in [3.05, 3.63) is 30.1 Å². The summed E-state index contributed by atoms with van der Waals surface area (Å²) in [5.74, 6) is 1.32. The molecule has 5 nitrogen and oxygen atoms in total. The number of carbonyl (C=O) groups excluding carboxylic acids is 1. The molecule has 0 radical (unpaired) electrons. The Bertz CT molecular complexity index is 699. The van der Waals surface area contributed by atoms with E-state index in [0.29, 0.717) is 6.54 Å². The molecule has 0 N–H and O–H groups in total. The van der Waals surface area contributed by atoms with E-state index in [4.69, 9.17) is 9.72 Å². The number of hydrogen-bond acceptors (Lipinski definition) is 3. The fraction of sp³-hybridized carbons (Fsp3) is 0.529. The third-order valence-electron chi connectivity index (χ3n) is 4.03. The molecule has 0 spiro atoms. The van der Waals surface area contributed by atoms with Gasteiger partial charge in [-0.1, -0.05) is 12.1 Å². The molecular weight excluding hydrogens is 278 g/mol.